The van der Waals surface area contributed by atoms with Crippen LogP contribution in [0.25, 0.3) is 0 Å². The number of rotatable bonds is 3. The van der Waals surface area contributed by atoms with E-state index in [2.05, 4.69) is 16.9 Å². The number of aromatic nitrogens is 2. The second-order valence-electron chi connectivity index (χ2n) is 4.16. The number of H-pyrrole nitrogens is 1. The number of imidazole rings is 1. The highest BCUT2D eigenvalue weighted by Crippen LogP contribution is 2.33. The van der Waals surface area contributed by atoms with Gasteiger partial charge in [0.25, 0.3) is 0 Å². The summed E-state index contributed by atoms with van der Waals surface area (Å²) in [7, 11) is 0. The second kappa shape index (κ2) is 4.03. The predicted molar refractivity (Wildman–Crippen MR) is 55.5 cm³/mol. The molecule has 0 unspecified atom stereocenters. The molecular weight excluding hydrogens is 176 g/mol. The maximum absolute atomic E-state index is 9.58. The zero-order valence-corrected chi connectivity index (χ0v) is 8.71. The first-order valence-electron chi connectivity index (χ1n) is 5.59. The van der Waals surface area contributed by atoms with E-state index in [-0.39, 0.29) is 5.88 Å². The normalized spacial score (nSPS) is 17.8. The maximum Gasteiger partial charge on any atom is 0.232 e. The molecule has 78 valence electrons. The highest BCUT2D eigenvalue weighted by Gasteiger charge is 2.21. The Morgan fingerprint density at radius 1 is 1.43 bits per heavy atom. The van der Waals surface area contributed by atoms with E-state index in [0.29, 0.717) is 5.92 Å². The van der Waals surface area contributed by atoms with Gasteiger partial charge in [-0.2, -0.15) is 4.98 Å². The van der Waals surface area contributed by atoms with Crippen LogP contribution in [-0.4, -0.2) is 15.1 Å². The van der Waals surface area contributed by atoms with Crippen LogP contribution >= 0.6 is 0 Å². The Kier molecular flexibility index (Phi) is 2.75. The molecule has 1 heterocycles. The van der Waals surface area contributed by atoms with Crippen molar-refractivity contribution in [1.29, 1.82) is 0 Å². The summed E-state index contributed by atoms with van der Waals surface area (Å²) in [6, 6.07) is 0. The molecule has 0 amide bonds. The third-order valence-electron chi connectivity index (χ3n) is 3.02. The van der Waals surface area contributed by atoms with Crippen molar-refractivity contribution in [3.63, 3.8) is 0 Å². The minimum absolute atomic E-state index is 0.216. The number of hydrogen-bond donors (Lipinski definition) is 2. The first-order valence-corrected chi connectivity index (χ1v) is 5.59. The van der Waals surface area contributed by atoms with Gasteiger partial charge in [0.05, 0.1) is 5.69 Å². The fourth-order valence-corrected chi connectivity index (χ4v) is 2.24. The van der Waals surface area contributed by atoms with Gasteiger partial charge in [0.1, 0.15) is 5.82 Å². The lowest BCUT2D eigenvalue weighted by Gasteiger charge is -2.02. The summed E-state index contributed by atoms with van der Waals surface area (Å²) in [6.45, 7) is 2.11. The fourth-order valence-electron chi connectivity index (χ4n) is 2.24. The molecule has 2 rings (SSSR count). The van der Waals surface area contributed by atoms with Crippen LogP contribution in [-0.2, 0) is 6.42 Å². The average molecular weight is 194 g/mol. The minimum atomic E-state index is 0.216. The van der Waals surface area contributed by atoms with Gasteiger partial charge in [0, 0.05) is 5.92 Å². The van der Waals surface area contributed by atoms with E-state index < -0.39 is 0 Å². The summed E-state index contributed by atoms with van der Waals surface area (Å²) in [6.07, 6.45) is 6.98. The molecule has 0 aliphatic heterocycles. The molecule has 0 atom stereocenters. The van der Waals surface area contributed by atoms with Crippen LogP contribution in [0.4, 0.5) is 0 Å². The van der Waals surface area contributed by atoms with Crippen LogP contribution in [0.2, 0.25) is 0 Å². The molecule has 3 nitrogen and oxygen atoms in total. The summed E-state index contributed by atoms with van der Waals surface area (Å²) in [5, 5.41) is 9.58. The van der Waals surface area contributed by atoms with Crippen molar-refractivity contribution in [2.24, 2.45) is 0 Å². The molecule has 2 N–H and O–H groups in total. The highest BCUT2D eigenvalue weighted by atomic mass is 16.3. The quantitative estimate of drug-likeness (QED) is 0.777. The van der Waals surface area contributed by atoms with Crippen LogP contribution in [0.1, 0.15) is 56.5 Å². The Bertz CT molecular complexity index is 300. The summed E-state index contributed by atoms with van der Waals surface area (Å²) < 4.78 is 0. The molecule has 1 fully saturated rings. The van der Waals surface area contributed by atoms with Crippen LogP contribution < -0.4 is 0 Å². The van der Waals surface area contributed by atoms with Gasteiger partial charge in [-0.15, -0.1) is 0 Å². The third kappa shape index (κ3) is 1.76. The lowest BCUT2D eigenvalue weighted by molar-refractivity contribution is 0.447. The summed E-state index contributed by atoms with van der Waals surface area (Å²) in [5.74, 6) is 1.78. The van der Waals surface area contributed by atoms with Gasteiger partial charge in [-0.3, -0.25) is 0 Å². The zero-order valence-electron chi connectivity index (χ0n) is 8.71. The Morgan fingerprint density at radius 3 is 2.79 bits per heavy atom. The van der Waals surface area contributed by atoms with Gasteiger partial charge < -0.3 is 10.1 Å². The average Bonchev–Trinajstić information content (AvgIpc) is 2.76. The number of aryl methyl sites for hydroxylation is 1. The lowest BCUT2D eigenvalue weighted by Crippen LogP contribution is -1.95. The summed E-state index contributed by atoms with van der Waals surface area (Å²) >= 11 is 0. The minimum Gasteiger partial charge on any atom is -0.492 e. The predicted octanol–water partition coefficient (Wildman–Crippen LogP) is 2.73. The number of nitrogens with one attached hydrogen (secondary N) is 1. The Morgan fingerprint density at radius 2 is 2.14 bits per heavy atom. The van der Waals surface area contributed by atoms with Crippen molar-refractivity contribution in [2.75, 3.05) is 0 Å². The van der Waals surface area contributed by atoms with E-state index in [4.69, 9.17) is 0 Å². The molecule has 0 spiro atoms. The van der Waals surface area contributed by atoms with Crippen molar-refractivity contribution >= 4 is 0 Å². The molecule has 1 aliphatic carbocycles. The molecule has 1 aromatic heterocycles. The van der Waals surface area contributed by atoms with E-state index in [1.165, 1.54) is 25.7 Å². The Hall–Kier alpha value is -0.990. The fraction of sp³-hybridized carbons (Fsp3) is 0.727. The number of hydrogen-bond acceptors (Lipinski definition) is 2. The van der Waals surface area contributed by atoms with Crippen molar-refractivity contribution < 1.29 is 5.11 Å². The van der Waals surface area contributed by atoms with E-state index >= 15 is 0 Å². The van der Waals surface area contributed by atoms with Crippen molar-refractivity contribution in [2.45, 2.75) is 51.4 Å². The monoisotopic (exact) mass is 194 g/mol. The molecular formula is C11H18N2O. The summed E-state index contributed by atoms with van der Waals surface area (Å²) in [5.41, 5.74) is 0.911. The van der Waals surface area contributed by atoms with Crippen molar-refractivity contribution in [3.05, 3.63) is 11.5 Å². The molecule has 14 heavy (non-hydrogen) atoms. The number of aromatic amines is 1. The standard InChI is InChI=1S/C11H18N2O/c1-2-5-9-11(14)13-10(12-9)8-6-3-4-7-8/h8,14H,2-7H2,1H3,(H,12,13). The van der Waals surface area contributed by atoms with Crippen molar-refractivity contribution in [3.8, 4) is 5.88 Å². The van der Waals surface area contributed by atoms with Gasteiger partial charge in [-0.25, -0.2) is 0 Å². The van der Waals surface area contributed by atoms with E-state index in [0.717, 1.165) is 24.4 Å². The maximum atomic E-state index is 9.58. The SMILES string of the molecule is CCCc1[nH]c(C2CCCC2)nc1O. The van der Waals surface area contributed by atoms with Crippen LogP contribution in [0, 0.1) is 0 Å². The van der Waals surface area contributed by atoms with Crippen LogP contribution in [0.3, 0.4) is 0 Å². The van der Waals surface area contributed by atoms with Crippen LogP contribution in [0.15, 0.2) is 0 Å². The molecule has 1 aromatic rings. The lowest BCUT2D eigenvalue weighted by atomic mass is 10.1. The summed E-state index contributed by atoms with van der Waals surface area (Å²) in [4.78, 5) is 7.47. The Balaban J connectivity index is 2.14. The first-order chi connectivity index (χ1) is 6.81. The molecule has 0 radical (unpaired) electrons. The van der Waals surface area contributed by atoms with Gasteiger partial charge in [0.15, 0.2) is 0 Å². The van der Waals surface area contributed by atoms with Gasteiger partial charge >= 0.3 is 0 Å². The second-order valence-corrected chi connectivity index (χ2v) is 4.16. The molecule has 1 aliphatic rings. The number of aromatic hydroxyl groups is 1. The largest absolute Gasteiger partial charge is 0.492 e. The van der Waals surface area contributed by atoms with E-state index in [1.54, 1.807) is 0 Å². The topological polar surface area (TPSA) is 48.9 Å². The third-order valence-corrected chi connectivity index (χ3v) is 3.02. The molecule has 0 saturated heterocycles. The van der Waals surface area contributed by atoms with Gasteiger partial charge in [-0.1, -0.05) is 26.2 Å². The van der Waals surface area contributed by atoms with Gasteiger partial charge in [0.2, 0.25) is 5.88 Å². The molecule has 0 aromatic carbocycles. The molecule has 3 heteroatoms. The van der Waals surface area contributed by atoms with E-state index in [9.17, 15) is 5.11 Å². The molecule has 0 bridgehead atoms. The smallest absolute Gasteiger partial charge is 0.232 e. The Labute approximate surface area is 84.6 Å². The first kappa shape index (κ1) is 9.56. The van der Waals surface area contributed by atoms with Crippen LogP contribution in [0.5, 0.6) is 5.88 Å². The van der Waals surface area contributed by atoms with Gasteiger partial charge in [-0.05, 0) is 19.3 Å². The zero-order chi connectivity index (χ0) is 9.97. The van der Waals surface area contributed by atoms with E-state index in [1.807, 2.05) is 0 Å². The number of nitrogens with zero attached hydrogens (tertiary/aromatic N) is 1. The highest BCUT2D eigenvalue weighted by molar-refractivity contribution is 5.21. The molecule has 1 saturated carbocycles. The van der Waals surface area contributed by atoms with Crippen molar-refractivity contribution in [1.82, 2.24) is 9.97 Å².